The lowest BCUT2D eigenvalue weighted by molar-refractivity contribution is -0.137. The molecule has 0 fully saturated rings. The molecule has 22 heavy (non-hydrogen) atoms. The average molecular weight is 329 g/mol. The third kappa shape index (κ3) is 3.39. The zero-order chi connectivity index (χ0) is 16.5. The fourth-order valence-electron chi connectivity index (χ4n) is 2.04. The van der Waals surface area contributed by atoms with E-state index < -0.39 is 23.2 Å². The van der Waals surface area contributed by atoms with Crippen LogP contribution in [0.25, 0.3) is 0 Å². The fourth-order valence-corrected chi connectivity index (χ4v) is 2.20. The van der Waals surface area contributed by atoms with Crippen LogP contribution in [0.2, 0.25) is 5.15 Å². The molecule has 1 heterocycles. The second-order valence-electron chi connectivity index (χ2n) is 4.77. The first kappa shape index (κ1) is 16.3. The van der Waals surface area contributed by atoms with Crippen molar-refractivity contribution in [2.75, 3.05) is 5.32 Å². The van der Waals surface area contributed by atoms with Crippen molar-refractivity contribution in [3.05, 3.63) is 57.9 Å². The van der Waals surface area contributed by atoms with E-state index in [1.54, 1.807) is 32.0 Å². The minimum Gasteiger partial charge on any atom is -0.321 e. The molecule has 0 saturated carbocycles. The monoisotopic (exact) mass is 328 g/mol. The van der Waals surface area contributed by atoms with Gasteiger partial charge in [-0.25, -0.2) is 4.98 Å². The number of para-hydroxylation sites is 1. The Balaban J connectivity index is 2.43. The van der Waals surface area contributed by atoms with Crippen molar-refractivity contribution < 1.29 is 18.0 Å². The van der Waals surface area contributed by atoms with Gasteiger partial charge in [0.25, 0.3) is 5.91 Å². The standard InChI is InChI=1S/C15H12ClF3N2O/c1-8-4-3-5-9(2)13(8)21-14(22)10-7-20-12(16)6-11(10)15(17,18)19/h3-7H,1-2H3,(H,21,22). The SMILES string of the molecule is Cc1cccc(C)c1NC(=O)c1cnc(Cl)cc1C(F)(F)F. The molecule has 0 unspecified atom stereocenters. The van der Waals surface area contributed by atoms with Crippen LogP contribution in [-0.4, -0.2) is 10.9 Å². The number of amides is 1. The van der Waals surface area contributed by atoms with E-state index in [1.807, 2.05) is 0 Å². The lowest BCUT2D eigenvalue weighted by atomic mass is 10.1. The zero-order valence-electron chi connectivity index (χ0n) is 11.8. The highest BCUT2D eigenvalue weighted by atomic mass is 35.5. The molecule has 116 valence electrons. The maximum Gasteiger partial charge on any atom is 0.417 e. The number of alkyl halides is 3. The quantitative estimate of drug-likeness (QED) is 0.817. The highest BCUT2D eigenvalue weighted by Gasteiger charge is 2.36. The number of hydrogen-bond acceptors (Lipinski definition) is 2. The van der Waals surface area contributed by atoms with Gasteiger partial charge in [-0.05, 0) is 31.0 Å². The molecule has 0 aliphatic carbocycles. The molecule has 0 bridgehead atoms. The Morgan fingerprint density at radius 1 is 1.23 bits per heavy atom. The van der Waals surface area contributed by atoms with Crippen molar-refractivity contribution in [3.8, 4) is 0 Å². The number of carbonyl (C=O) groups excluding carboxylic acids is 1. The van der Waals surface area contributed by atoms with E-state index in [0.29, 0.717) is 11.8 Å². The molecule has 2 rings (SSSR count). The molecule has 0 radical (unpaired) electrons. The van der Waals surface area contributed by atoms with Crippen LogP contribution in [0.1, 0.15) is 27.0 Å². The lowest BCUT2D eigenvalue weighted by Crippen LogP contribution is -2.20. The van der Waals surface area contributed by atoms with Crippen LogP contribution >= 0.6 is 11.6 Å². The predicted molar refractivity (Wildman–Crippen MR) is 78.1 cm³/mol. The summed E-state index contributed by atoms with van der Waals surface area (Å²) in [4.78, 5) is 15.8. The van der Waals surface area contributed by atoms with Crippen LogP contribution in [0.5, 0.6) is 0 Å². The van der Waals surface area contributed by atoms with Crippen molar-refractivity contribution in [2.45, 2.75) is 20.0 Å². The number of halogens is 4. The van der Waals surface area contributed by atoms with E-state index in [9.17, 15) is 18.0 Å². The van der Waals surface area contributed by atoms with Crippen molar-refractivity contribution in [3.63, 3.8) is 0 Å². The van der Waals surface area contributed by atoms with Crippen LogP contribution in [0.15, 0.2) is 30.5 Å². The number of rotatable bonds is 2. The molecule has 3 nitrogen and oxygen atoms in total. The number of hydrogen-bond donors (Lipinski definition) is 1. The molecular formula is C15H12ClF3N2O. The van der Waals surface area contributed by atoms with E-state index in [0.717, 1.165) is 17.3 Å². The molecule has 1 aromatic heterocycles. The van der Waals surface area contributed by atoms with Crippen LogP contribution in [0.3, 0.4) is 0 Å². The first-order valence-corrected chi connectivity index (χ1v) is 6.68. The van der Waals surface area contributed by atoms with E-state index >= 15 is 0 Å². The van der Waals surface area contributed by atoms with Crippen molar-refractivity contribution >= 4 is 23.2 Å². The van der Waals surface area contributed by atoms with Gasteiger partial charge in [0.05, 0.1) is 11.1 Å². The summed E-state index contributed by atoms with van der Waals surface area (Å²) in [7, 11) is 0. The number of pyridine rings is 1. The van der Waals surface area contributed by atoms with Gasteiger partial charge in [0.15, 0.2) is 0 Å². The summed E-state index contributed by atoms with van der Waals surface area (Å²) in [6.45, 7) is 3.51. The maximum absolute atomic E-state index is 13.0. The number of benzene rings is 1. The van der Waals surface area contributed by atoms with Gasteiger partial charge in [-0.1, -0.05) is 29.8 Å². The molecule has 0 atom stereocenters. The number of aromatic nitrogens is 1. The third-order valence-electron chi connectivity index (χ3n) is 3.14. The zero-order valence-corrected chi connectivity index (χ0v) is 12.5. The smallest absolute Gasteiger partial charge is 0.321 e. The summed E-state index contributed by atoms with van der Waals surface area (Å²) >= 11 is 5.50. The molecule has 1 amide bonds. The number of aryl methyl sites for hydroxylation is 2. The topological polar surface area (TPSA) is 42.0 Å². The van der Waals surface area contributed by atoms with Gasteiger partial charge in [0.2, 0.25) is 0 Å². The van der Waals surface area contributed by atoms with E-state index in [-0.39, 0.29) is 5.15 Å². The van der Waals surface area contributed by atoms with Crippen molar-refractivity contribution in [2.24, 2.45) is 0 Å². The van der Waals surface area contributed by atoms with Crippen molar-refractivity contribution in [1.82, 2.24) is 4.98 Å². The molecule has 1 aromatic carbocycles. The van der Waals surface area contributed by atoms with Crippen LogP contribution < -0.4 is 5.32 Å². The molecular weight excluding hydrogens is 317 g/mol. The minimum atomic E-state index is -4.69. The summed E-state index contributed by atoms with van der Waals surface area (Å²) < 4.78 is 39.1. The van der Waals surface area contributed by atoms with Gasteiger partial charge < -0.3 is 5.32 Å². The summed E-state index contributed by atoms with van der Waals surface area (Å²) in [6, 6.07) is 5.95. The van der Waals surface area contributed by atoms with E-state index in [4.69, 9.17) is 11.6 Å². The highest BCUT2D eigenvalue weighted by Crippen LogP contribution is 2.33. The Kier molecular flexibility index (Phi) is 4.42. The molecule has 0 aliphatic heterocycles. The summed E-state index contributed by atoms with van der Waals surface area (Å²) in [5.74, 6) is -0.881. The van der Waals surface area contributed by atoms with Gasteiger partial charge in [0.1, 0.15) is 5.15 Å². The summed E-state index contributed by atoms with van der Waals surface area (Å²) in [5.41, 5.74) is 0.305. The molecule has 7 heteroatoms. The Morgan fingerprint density at radius 3 is 2.36 bits per heavy atom. The normalized spacial score (nSPS) is 11.4. The van der Waals surface area contributed by atoms with Crippen molar-refractivity contribution in [1.29, 1.82) is 0 Å². The van der Waals surface area contributed by atoms with Gasteiger partial charge in [-0.3, -0.25) is 4.79 Å². The number of carbonyl (C=O) groups is 1. The Bertz CT molecular complexity index is 709. The minimum absolute atomic E-state index is 0.323. The molecule has 0 spiro atoms. The van der Waals surface area contributed by atoms with Gasteiger partial charge in [-0.15, -0.1) is 0 Å². The summed E-state index contributed by atoms with van der Waals surface area (Å²) in [6.07, 6.45) is -3.87. The first-order chi connectivity index (χ1) is 10.2. The van der Waals surface area contributed by atoms with Gasteiger partial charge in [-0.2, -0.15) is 13.2 Å². The molecule has 2 aromatic rings. The third-order valence-corrected chi connectivity index (χ3v) is 3.35. The Labute approximate surface area is 130 Å². The predicted octanol–water partition coefficient (Wildman–Crippen LogP) is 4.62. The van der Waals surface area contributed by atoms with E-state index in [2.05, 4.69) is 10.3 Å². The second kappa shape index (κ2) is 5.96. The number of nitrogens with one attached hydrogen (secondary N) is 1. The average Bonchev–Trinajstić information content (AvgIpc) is 2.42. The lowest BCUT2D eigenvalue weighted by Gasteiger charge is -2.15. The van der Waals surface area contributed by atoms with Gasteiger partial charge >= 0.3 is 6.18 Å². The Morgan fingerprint density at radius 2 is 1.82 bits per heavy atom. The van der Waals surface area contributed by atoms with Crippen LogP contribution in [0, 0.1) is 13.8 Å². The maximum atomic E-state index is 13.0. The fraction of sp³-hybridized carbons (Fsp3) is 0.200. The first-order valence-electron chi connectivity index (χ1n) is 6.30. The Hall–Kier alpha value is -2.08. The molecule has 0 aliphatic rings. The molecule has 1 N–H and O–H groups in total. The number of nitrogens with zero attached hydrogens (tertiary/aromatic N) is 1. The largest absolute Gasteiger partial charge is 0.417 e. The highest BCUT2D eigenvalue weighted by molar-refractivity contribution is 6.29. The number of anilines is 1. The van der Waals surface area contributed by atoms with Gasteiger partial charge in [0, 0.05) is 11.9 Å². The van der Waals surface area contributed by atoms with Crippen LogP contribution in [-0.2, 0) is 6.18 Å². The summed E-state index contributed by atoms with van der Waals surface area (Å²) in [5, 5.41) is 2.18. The second-order valence-corrected chi connectivity index (χ2v) is 5.16. The van der Waals surface area contributed by atoms with Crippen LogP contribution in [0.4, 0.5) is 18.9 Å². The molecule has 0 saturated heterocycles. The van der Waals surface area contributed by atoms with E-state index in [1.165, 1.54) is 0 Å².